The van der Waals surface area contributed by atoms with Crippen LogP contribution >= 0.6 is 23.2 Å². The van der Waals surface area contributed by atoms with E-state index < -0.39 is 16.6 Å². The Morgan fingerprint density at radius 3 is 2.48 bits per heavy atom. The topological polar surface area (TPSA) is 29.1 Å². The first kappa shape index (κ1) is 19.9. The zero-order valence-corrected chi connectivity index (χ0v) is 17.6. The van der Waals surface area contributed by atoms with E-state index in [0.717, 1.165) is 16.7 Å². The van der Waals surface area contributed by atoms with Crippen molar-refractivity contribution in [2.75, 3.05) is 5.32 Å². The van der Waals surface area contributed by atoms with E-state index in [1.807, 2.05) is 62.4 Å². The second-order valence-corrected chi connectivity index (χ2v) is 8.86. The van der Waals surface area contributed by atoms with E-state index in [2.05, 4.69) is 5.32 Å². The maximum Gasteiger partial charge on any atom is 0.230 e. The number of amides is 1. The van der Waals surface area contributed by atoms with Gasteiger partial charge in [-0.2, -0.15) is 0 Å². The van der Waals surface area contributed by atoms with E-state index in [0.29, 0.717) is 10.6 Å². The van der Waals surface area contributed by atoms with Crippen molar-refractivity contribution >= 4 is 34.8 Å². The van der Waals surface area contributed by atoms with Gasteiger partial charge in [-0.1, -0.05) is 66.2 Å². The van der Waals surface area contributed by atoms with Gasteiger partial charge in [-0.05, 0) is 42.7 Å². The van der Waals surface area contributed by atoms with Crippen LogP contribution in [-0.2, 0) is 4.79 Å². The van der Waals surface area contributed by atoms with Gasteiger partial charge in [0.15, 0.2) is 5.82 Å². The summed E-state index contributed by atoms with van der Waals surface area (Å²) < 4.78 is 15.0. The average Bonchev–Trinajstić information content (AvgIpc) is 3.28. The Bertz CT molecular complexity index is 1080. The summed E-state index contributed by atoms with van der Waals surface area (Å²) in [6.45, 7) is 3.75. The molecule has 0 aromatic heterocycles. The second-order valence-electron chi connectivity index (χ2n) is 7.64. The molecule has 1 saturated carbocycles. The highest BCUT2D eigenvalue weighted by atomic mass is 35.5. The molecule has 1 N–H and O–H groups in total. The molecule has 148 valence electrons. The molecule has 2 nitrogen and oxygen atoms in total. The van der Waals surface area contributed by atoms with Crippen LogP contribution in [0.2, 0.25) is 5.02 Å². The van der Waals surface area contributed by atoms with Crippen molar-refractivity contribution in [1.29, 1.82) is 0 Å². The molecule has 29 heavy (non-hydrogen) atoms. The van der Waals surface area contributed by atoms with Gasteiger partial charge in [0, 0.05) is 16.5 Å². The molecule has 3 aromatic rings. The maximum atomic E-state index is 15.0. The molecule has 0 bridgehead atoms. The van der Waals surface area contributed by atoms with Gasteiger partial charge in [0.25, 0.3) is 0 Å². The number of nitrogens with one attached hydrogen (secondary N) is 1. The fourth-order valence-electron chi connectivity index (χ4n) is 3.89. The minimum Gasteiger partial charge on any atom is -0.323 e. The second kappa shape index (κ2) is 7.47. The van der Waals surface area contributed by atoms with Gasteiger partial charge in [0.2, 0.25) is 5.91 Å². The van der Waals surface area contributed by atoms with E-state index in [9.17, 15) is 4.79 Å². The Morgan fingerprint density at radius 1 is 1.07 bits per heavy atom. The van der Waals surface area contributed by atoms with Crippen molar-refractivity contribution in [3.8, 4) is 11.1 Å². The summed E-state index contributed by atoms with van der Waals surface area (Å²) in [5.41, 5.74) is 3.22. The van der Waals surface area contributed by atoms with E-state index in [4.69, 9.17) is 23.2 Å². The molecule has 1 fully saturated rings. The fraction of sp³-hybridized carbons (Fsp3) is 0.208. The molecule has 1 amide bonds. The first-order valence-electron chi connectivity index (χ1n) is 9.40. The summed E-state index contributed by atoms with van der Waals surface area (Å²) in [5.74, 6) is -1.41. The number of alkyl halides is 1. The quantitative estimate of drug-likeness (QED) is 0.455. The Hall–Kier alpha value is -2.36. The van der Waals surface area contributed by atoms with Gasteiger partial charge >= 0.3 is 0 Å². The summed E-state index contributed by atoms with van der Waals surface area (Å²) in [7, 11) is 0. The molecule has 4 rings (SSSR count). The molecule has 0 radical (unpaired) electrons. The number of halogens is 3. The molecule has 1 aliphatic rings. The summed E-state index contributed by atoms with van der Waals surface area (Å²) in [6.07, 6.45) is 0. The lowest BCUT2D eigenvalue weighted by atomic mass is 10.0. The van der Waals surface area contributed by atoms with Crippen molar-refractivity contribution in [2.24, 2.45) is 5.92 Å². The highest BCUT2D eigenvalue weighted by Gasteiger charge is 2.64. The van der Waals surface area contributed by atoms with E-state index in [-0.39, 0.29) is 17.5 Å². The summed E-state index contributed by atoms with van der Waals surface area (Å²) in [5, 5.41) is 3.37. The highest BCUT2D eigenvalue weighted by molar-refractivity contribution is 6.32. The normalized spacial score (nSPS) is 22.9. The molecule has 1 aliphatic carbocycles. The van der Waals surface area contributed by atoms with Crippen LogP contribution in [0.4, 0.5) is 10.1 Å². The van der Waals surface area contributed by atoms with Gasteiger partial charge in [0.1, 0.15) is 0 Å². The highest BCUT2D eigenvalue weighted by Crippen LogP contribution is 2.62. The van der Waals surface area contributed by atoms with E-state index >= 15 is 4.39 Å². The van der Waals surface area contributed by atoms with Crippen LogP contribution in [0.15, 0.2) is 66.7 Å². The van der Waals surface area contributed by atoms with Crippen molar-refractivity contribution in [3.63, 3.8) is 0 Å². The number of hydrogen-bond acceptors (Lipinski definition) is 1. The minimum absolute atomic E-state index is 0.149. The number of rotatable bonds is 4. The number of carbonyl (C=O) groups is 1. The standard InChI is InChI=1S/C24H20Cl2FNO/c1-14-11-12-16(13-18(14)25)20-21(24(20,2)26)23(29)28-19-10-6-9-17(22(19)27)15-7-4-3-5-8-15/h3-13,20-21H,1-2H3,(H,28,29). The number of carbonyl (C=O) groups excluding carboxylic acids is 1. The molecule has 0 spiro atoms. The Balaban J connectivity index is 1.58. The van der Waals surface area contributed by atoms with Gasteiger partial charge < -0.3 is 5.32 Å². The SMILES string of the molecule is Cc1ccc(C2C(C(=O)Nc3cccc(-c4ccccc4)c3F)C2(C)Cl)cc1Cl. The third kappa shape index (κ3) is 3.65. The smallest absolute Gasteiger partial charge is 0.230 e. The van der Waals surface area contributed by atoms with Gasteiger partial charge in [0.05, 0.1) is 16.5 Å². The first-order chi connectivity index (χ1) is 13.8. The van der Waals surface area contributed by atoms with Gasteiger partial charge in [-0.15, -0.1) is 11.6 Å². The van der Waals surface area contributed by atoms with Crippen LogP contribution in [-0.4, -0.2) is 10.8 Å². The number of hydrogen-bond donors (Lipinski definition) is 1. The van der Waals surface area contributed by atoms with Crippen LogP contribution in [0.3, 0.4) is 0 Å². The lowest BCUT2D eigenvalue weighted by Gasteiger charge is -2.10. The van der Waals surface area contributed by atoms with Crippen molar-refractivity contribution in [1.82, 2.24) is 0 Å². The predicted molar refractivity (Wildman–Crippen MR) is 117 cm³/mol. The van der Waals surface area contributed by atoms with Crippen LogP contribution in [0.25, 0.3) is 11.1 Å². The molecular weight excluding hydrogens is 408 g/mol. The minimum atomic E-state index is -0.740. The van der Waals surface area contributed by atoms with Crippen molar-refractivity contribution < 1.29 is 9.18 Å². The van der Waals surface area contributed by atoms with Crippen molar-refractivity contribution in [3.05, 3.63) is 88.7 Å². The Morgan fingerprint density at radius 2 is 1.79 bits per heavy atom. The Kier molecular flexibility index (Phi) is 5.14. The predicted octanol–water partition coefficient (Wildman–Crippen LogP) is 6.80. The molecule has 3 aromatic carbocycles. The molecule has 0 heterocycles. The molecule has 0 aliphatic heterocycles. The lowest BCUT2D eigenvalue weighted by molar-refractivity contribution is -0.117. The average molecular weight is 428 g/mol. The molecule has 5 heteroatoms. The van der Waals surface area contributed by atoms with Crippen molar-refractivity contribution in [2.45, 2.75) is 24.6 Å². The molecule has 0 saturated heterocycles. The lowest BCUT2D eigenvalue weighted by Crippen LogP contribution is -2.18. The monoisotopic (exact) mass is 427 g/mol. The number of aryl methyl sites for hydroxylation is 1. The van der Waals surface area contributed by atoms with Crippen LogP contribution in [0.1, 0.15) is 24.0 Å². The van der Waals surface area contributed by atoms with Gasteiger partial charge in [-0.3, -0.25) is 4.79 Å². The third-order valence-electron chi connectivity index (χ3n) is 5.62. The van der Waals surface area contributed by atoms with Crippen LogP contribution in [0, 0.1) is 18.7 Å². The molecule has 3 atom stereocenters. The zero-order chi connectivity index (χ0) is 20.8. The first-order valence-corrected chi connectivity index (χ1v) is 10.2. The maximum absolute atomic E-state index is 15.0. The van der Waals surface area contributed by atoms with Gasteiger partial charge in [-0.25, -0.2) is 4.39 Å². The van der Waals surface area contributed by atoms with E-state index in [1.54, 1.807) is 18.2 Å². The fourth-order valence-corrected chi connectivity index (χ4v) is 4.49. The Labute approximate surface area is 179 Å². The summed E-state index contributed by atoms with van der Waals surface area (Å²) in [4.78, 5) is 12.2. The molecular formula is C24H20Cl2FNO. The largest absolute Gasteiger partial charge is 0.323 e. The van der Waals surface area contributed by atoms with Crippen LogP contribution < -0.4 is 5.32 Å². The number of anilines is 1. The van der Waals surface area contributed by atoms with Crippen LogP contribution in [0.5, 0.6) is 0 Å². The summed E-state index contributed by atoms with van der Waals surface area (Å²) in [6, 6.07) is 19.9. The summed E-state index contributed by atoms with van der Waals surface area (Å²) >= 11 is 12.9. The third-order valence-corrected chi connectivity index (χ3v) is 6.50. The number of benzene rings is 3. The van der Waals surface area contributed by atoms with E-state index in [1.165, 1.54) is 0 Å². The zero-order valence-electron chi connectivity index (χ0n) is 16.0. The molecule has 3 unspecified atom stereocenters.